The number of nitrogens with zero attached hydrogens (tertiary/aromatic N) is 3. The van der Waals surface area contributed by atoms with Crippen molar-refractivity contribution in [2.45, 2.75) is 13.1 Å². The van der Waals surface area contributed by atoms with E-state index in [0.717, 1.165) is 44.1 Å². The van der Waals surface area contributed by atoms with Crippen LogP contribution >= 0.6 is 0 Å². The summed E-state index contributed by atoms with van der Waals surface area (Å²) in [5.41, 5.74) is 4.73. The molecular weight excluding hydrogens is 364 g/mol. The van der Waals surface area contributed by atoms with Crippen molar-refractivity contribution >= 4 is 17.3 Å². The number of hydrogen-bond acceptors (Lipinski definition) is 5. The van der Waals surface area contributed by atoms with E-state index in [1.54, 1.807) is 0 Å². The zero-order chi connectivity index (χ0) is 20.6. The van der Waals surface area contributed by atoms with Gasteiger partial charge in [0.25, 0.3) is 0 Å². The second-order valence-corrected chi connectivity index (χ2v) is 7.74. The molecule has 29 heavy (non-hydrogen) atoms. The summed E-state index contributed by atoms with van der Waals surface area (Å²) in [6, 6.07) is 16.7. The van der Waals surface area contributed by atoms with E-state index in [1.807, 2.05) is 21.1 Å². The van der Waals surface area contributed by atoms with Gasteiger partial charge in [0.2, 0.25) is 5.91 Å². The fourth-order valence-corrected chi connectivity index (χ4v) is 3.52. The fourth-order valence-electron chi connectivity index (χ4n) is 3.52. The smallest absolute Gasteiger partial charge is 0.234 e. The standard InChI is InChI=1S/C23H32N4O2/c1-25(2)21-10-8-19(9-11-21)16-24-23(28)18-26(3)17-20-6-4-5-7-22(20)27-12-14-29-15-13-27/h4-11H,12-18H2,1-3H3,(H,24,28). The SMILES string of the molecule is CN(CC(=O)NCc1ccc(N(C)C)cc1)Cc1ccccc1N1CCOCC1. The summed E-state index contributed by atoms with van der Waals surface area (Å²) in [4.78, 5) is 18.9. The van der Waals surface area contributed by atoms with Gasteiger partial charge in [0, 0.05) is 51.6 Å². The summed E-state index contributed by atoms with van der Waals surface area (Å²) in [5, 5.41) is 3.02. The quantitative estimate of drug-likeness (QED) is 0.742. The molecule has 6 heteroatoms. The number of nitrogens with one attached hydrogen (secondary N) is 1. The molecule has 1 N–H and O–H groups in total. The summed E-state index contributed by atoms with van der Waals surface area (Å²) in [7, 11) is 6.02. The monoisotopic (exact) mass is 396 g/mol. The van der Waals surface area contributed by atoms with Gasteiger partial charge in [-0.25, -0.2) is 0 Å². The van der Waals surface area contributed by atoms with Crippen molar-refractivity contribution < 1.29 is 9.53 Å². The van der Waals surface area contributed by atoms with Gasteiger partial charge >= 0.3 is 0 Å². The molecule has 156 valence electrons. The lowest BCUT2D eigenvalue weighted by atomic mass is 10.1. The highest BCUT2D eigenvalue weighted by atomic mass is 16.5. The highest BCUT2D eigenvalue weighted by molar-refractivity contribution is 5.78. The predicted molar refractivity (Wildman–Crippen MR) is 118 cm³/mol. The molecule has 0 aliphatic carbocycles. The van der Waals surface area contributed by atoms with Crippen LogP contribution in [0.3, 0.4) is 0 Å². The molecular formula is C23H32N4O2. The maximum absolute atomic E-state index is 12.4. The Kier molecular flexibility index (Phi) is 7.49. The molecule has 2 aromatic rings. The minimum atomic E-state index is 0.0352. The first-order chi connectivity index (χ1) is 14.0. The summed E-state index contributed by atoms with van der Waals surface area (Å²) in [6.45, 7) is 5.00. The Morgan fingerprint density at radius 2 is 1.72 bits per heavy atom. The van der Waals surface area contributed by atoms with Crippen LogP contribution in [0.25, 0.3) is 0 Å². The molecule has 1 heterocycles. The highest BCUT2D eigenvalue weighted by Crippen LogP contribution is 2.22. The summed E-state index contributed by atoms with van der Waals surface area (Å²) >= 11 is 0. The van der Waals surface area contributed by atoms with Crippen LogP contribution in [0.1, 0.15) is 11.1 Å². The molecule has 0 saturated carbocycles. The van der Waals surface area contributed by atoms with Crippen LogP contribution < -0.4 is 15.1 Å². The topological polar surface area (TPSA) is 48.1 Å². The normalized spacial score (nSPS) is 14.1. The molecule has 1 aliphatic rings. The average molecular weight is 397 g/mol. The Balaban J connectivity index is 1.50. The number of hydrogen-bond donors (Lipinski definition) is 1. The lowest BCUT2D eigenvalue weighted by Gasteiger charge is -2.31. The number of amides is 1. The molecule has 3 rings (SSSR count). The maximum Gasteiger partial charge on any atom is 0.234 e. The van der Waals surface area contributed by atoms with Gasteiger partial charge in [0.1, 0.15) is 0 Å². The lowest BCUT2D eigenvalue weighted by Crippen LogP contribution is -2.38. The largest absolute Gasteiger partial charge is 0.378 e. The van der Waals surface area contributed by atoms with Gasteiger partial charge in [-0.15, -0.1) is 0 Å². The van der Waals surface area contributed by atoms with Gasteiger partial charge in [-0.05, 0) is 36.4 Å². The number of morpholine rings is 1. The number of carbonyl (C=O) groups excluding carboxylic acids is 1. The minimum absolute atomic E-state index is 0.0352. The van der Waals surface area contributed by atoms with Gasteiger partial charge in [-0.3, -0.25) is 9.69 Å². The first-order valence-corrected chi connectivity index (χ1v) is 10.1. The highest BCUT2D eigenvalue weighted by Gasteiger charge is 2.16. The maximum atomic E-state index is 12.4. The Morgan fingerprint density at radius 1 is 1.03 bits per heavy atom. The summed E-state index contributed by atoms with van der Waals surface area (Å²) < 4.78 is 5.47. The van der Waals surface area contributed by atoms with Crippen LogP contribution in [0.4, 0.5) is 11.4 Å². The lowest BCUT2D eigenvalue weighted by molar-refractivity contribution is -0.122. The third-order valence-electron chi connectivity index (χ3n) is 5.14. The van der Waals surface area contributed by atoms with Gasteiger partial charge in [-0.1, -0.05) is 30.3 Å². The summed E-state index contributed by atoms with van der Waals surface area (Å²) in [6.07, 6.45) is 0. The molecule has 0 unspecified atom stereocenters. The van der Waals surface area contributed by atoms with Crippen molar-refractivity contribution in [2.75, 3.05) is 63.8 Å². The van der Waals surface area contributed by atoms with E-state index in [1.165, 1.54) is 11.3 Å². The molecule has 1 aliphatic heterocycles. The van der Waals surface area contributed by atoms with Crippen molar-refractivity contribution in [1.82, 2.24) is 10.2 Å². The minimum Gasteiger partial charge on any atom is -0.378 e. The van der Waals surface area contributed by atoms with Gasteiger partial charge in [-0.2, -0.15) is 0 Å². The molecule has 1 fully saturated rings. The Morgan fingerprint density at radius 3 is 2.41 bits per heavy atom. The van der Waals surface area contributed by atoms with Crippen LogP contribution in [-0.2, 0) is 22.6 Å². The molecule has 1 amide bonds. The Bertz CT molecular complexity index is 786. The van der Waals surface area contributed by atoms with E-state index in [9.17, 15) is 4.79 Å². The van der Waals surface area contributed by atoms with E-state index in [-0.39, 0.29) is 5.91 Å². The van der Waals surface area contributed by atoms with E-state index >= 15 is 0 Å². The zero-order valence-corrected chi connectivity index (χ0v) is 17.7. The average Bonchev–Trinajstić information content (AvgIpc) is 2.73. The number of para-hydroxylation sites is 1. The molecule has 2 aromatic carbocycles. The second-order valence-electron chi connectivity index (χ2n) is 7.74. The van der Waals surface area contributed by atoms with Crippen LogP contribution in [0.2, 0.25) is 0 Å². The summed E-state index contributed by atoms with van der Waals surface area (Å²) in [5.74, 6) is 0.0352. The van der Waals surface area contributed by atoms with E-state index in [2.05, 4.69) is 68.5 Å². The van der Waals surface area contributed by atoms with Crippen molar-refractivity contribution in [1.29, 1.82) is 0 Å². The van der Waals surface area contributed by atoms with Crippen molar-refractivity contribution in [2.24, 2.45) is 0 Å². The van der Waals surface area contributed by atoms with Crippen LogP contribution in [0.5, 0.6) is 0 Å². The fraction of sp³-hybridized carbons (Fsp3) is 0.435. The number of anilines is 2. The van der Waals surface area contributed by atoms with Crippen LogP contribution in [0, 0.1) is 0 Å². The van der Waals surface area contributed by atoms with E-state index in [0.29, 0.717) is 13.1 Å². The molecule has 6 nitrogen and oxygen atoms in total. The Labute approximate surface area is 174 Å². The zero-order valence-electron chi connectivity index (χ0n) is 17.7. The van der Waals surface area contributed by atoms with Gasteiger partial charge < -0.3 is 19.9 Å². The third-order valence-corrected chi connectivity index (χ3v) is 5.14. The van der Waals surface area contributed by atoms with Gasteiger partial charge in [0.05, 0.1) is 19.8 Å². The number of ether oxygens (including phenoxy) is 1. The van der Waals surface area contributed by atoms with Crippen molar-refractivity contribution in [3.05, 3.63) is 59.7 Å². The third kappa shape index (κ3) is 6.21. The van der Waals surface area contributed by atoms with Crippen LogP contribution in [-0.4, -0.2) is 64.8 Å². The number of carbonyl (C=O) groups is 1. The second kappa shape index (κ2) is 10.3. The van der Waals surface area contributed by atoms with Crippen molar-refractivity contribution in [3.63, 3.8) is 0 Å². The molecule has 0 atom stereocenters. The molecule has 0 spiro atoms. The predicted octanol–water partition coefficient (Wildman–Crippen LogP) is 2.34. The van der Waals surface area contributed by atoms with Crippen LogP contribution in [0.15, 0.2) is 48.5 Å². The molecule has 0 bridgehead atoms. The van der Waals surface area contributed by atoms with E-state index < -0.39 is 0 Å². The molecule has 1 saturated heterocycles. The number of likely N-dealkylation sites (N-methyl/N-ethyl adjacent to an activating group) is 1. The number of rotatable bonds is 8. The first kappa shape index (κ1) is 21.1. The van der Waals surface area contributed by atoms with Crippen molar-refractivity contribution in [3.8, 4) is 0 Å². The molecule has 0 radical (unpaired) electrons. The first-order valence-electron chi connectivity index (χ1n) is 10.1. The Hall–Kier alpha value is -2.57. The number of benzene rings is 2. The van der Waals surface area contributed by atoms with E-state index in [4.69, 9.17) is 4.74 Å². The molecule has 0 aromatic heterocycles. The van der Waals surface area contributed by atoms with Gasteiger partial charge in [0.15, 0.2) is 0 Å².